The number of nitrogens with two attached hydrogens (primary N) is 1. The van der Waals surface area contributed by atoms with Crippen molar-refractivity contribution < 1.29 is 0 Å². The summed E-state index contributed by atoms with van der Waals surface area (Å²) in [5.41, 5.74) is 5.85. The van der Waals surface area contributed by atoms with Crippen LogP contribution in [0.2, 0.25) is 0 Å². The molecule has 0 aliphatic carbocycles. The van der Waals surface area contributed by atoms with E-state index in [1.165, 1.54) is 13.0 Å². The van der Waals surface area contributed by atoms with Crippen LogP contribution in [0.5, 0.6) is 0 Å². The maximum atomic E-state index is 5.85. The van der Waals surface area contributed by atoms with E-state index in [4.69, 9.17) is 5.73 Å². The number of likely N-dealkylation sites (N-methyl/N-ethyl adjacent to an activating group) is 1. The van der Waals surface area contributed by atoms with Gasteiger partial charge in [0, 0.05) is 19.1 Å². The van der Waals surface area contributed by atoms with Crippen molar-refractivity contribution >= 4 is 0 Å². The third-order valence-electron chi connectivity index (χ3n) is 3.10. The Balaban J connectivity index is 2.39. The molecule has 0 aromatic heterocycles. The van der Waals surface area contributed by atoms with Gasteiger partial charge in [-0.15, -0.1) is 0 Å². The first-order valence-corrected chi connectivity index (χ1v) is 5.42. The molecule has 0 amide bonds. The van der Waals surface area contributed by atoms with Gasteiger partial charge in [0.25, 0.3) is 0 Å². The van der Waals surface area contributed by atoms with Gasteiger partial charge in [0.15, 0.2) is 0 Å². The molecule has 13 heavy (non-hydrogen) atoms. The van der Waals surface area contributed by atoms with E-state index in [0.717, 1.165) is 25.7 Å². The average Bonchev–Trinajstić information content (AvgIpc) is 2.56. The Morgan fingerprint density at radius 2 is 2.08 bits per heavy atom. The van der Waals surface area contributed by atoms with Crippen LogP contribution in [0, 0.1) is 0 Å². The quantitative estimate of drug-likeness (QED) is 0.700. The summed E-state index contributed by atoms with van der Waals surface area (Å²) in [5.74, 6) is 0. The van der Waals surface area contributed by atoms with Gasteiger partial charge in [-0.2, -0.15) is 0 Å². The minimum absolute atomic E-state index is 0.223. The molecule has 3 nitrogen and oxygen atoms in total. The molecule has 1 aliphatic rings. The second kappa shape index (κ2) is 4.94. The number of likely N-dealkylation sites (tertiary alicyclic amines) is 1. The normalized spacial score (nSPS) is 27.0. The van der Waals surface area contributed by atoms with E-state index in [9.17, 15) is 0 Å². The largest absolute Gasteiger partial charge is 0.316 e. The van der Waals surface area contributed by atoms with E-state index in [-0.39, 0.29) is 6.17 Å². The molecule has 78 valence electrons. The highest BCUT2D eigenvalue weighted by molar-refractivity contribution is 4.83. The maximum absolute atomic E-state index is 5.85. The Morgan fingerprint density at radius 1 is 1.46 bits per heavy atom. The van der Waals surface area contributed by atoms with Crippen molar-refractivity contribution in [1.29, 1.82) is 0 Å². The van der Waals surface area contributed by atoms with Crippen LogP contribution in [0.3, 0.4) is 0 Å². The van der Waals surface area contributed by atoms with Gasteiger partial charge in [-0.25, -0.2) is 0 Å². The van der Waals surface area contributed by atoms with Crippen LogP contribution >= 0.6 is 0 Å². The fraction of sp³-hybridized carbons (Fsp3) is 1.00. The van der Waals surface area contributed by atoms with E-state index in [0.29, 0.717) is 0 Å². The summed E-state index contributed by atoms with van der Waals surface area (Å²) >= 11 is 0. The van der Waals surface area contributed by atoms with E-state index < -0.39 is 0 Å². The first kappa shape index (κ1) is 11.0. The molecule has 2 unspecified atom stereocenters. The molecular weight excluding hydrogens is 162 g/mol. The van der Waals surface area contributed by atoms with Gasteiger partial charge in [0.1, 0.15) is 0 Å². The highest BCUT2D eigenvalue weighted by Crippen LogP contribution is 2.15. The molecule has 1 heterocycles. The predicted octanol–water partition coefficient (Wildman–Crippen LogP) is 0.707. The molecule has 2 N–H and O–H groups in total. The molecule has 0 bridgehead atoms. The van der Waals surface area contributed by atoms with Crippen molar-refractivity contribution in [3.8, 4) is 0 Å². The van der Waals surface area contributed by atoms with Crippen LogP contribution in [0.4, 0.5) is 0 Å². The zero-order valence-corrected chi connectivity index (χ0v) is 9.16. The molecule has 1 fully saturated rings. The number of hydrogen-bond acceptors (Lipinski definition) is 3. The Kier molecular flexibility index (Phi) is 4.16. The molecule has 1 aliphatic heterocycles. The van der Waals surface area contributed by atoms with Crippen LogP contribution in [-0.4, -0.2) is 48.2 Å². The van der Waals surface area contributed by atoms with E-state index >= 15 is 0 Å². The smallest absolute Gasteiger partial charge is 0.0543 e. The SMILES string of the molecule is CCN(CC)C1CCN(C(C)N)C1. The third-order valence-corrected chi connectivity index (χ3v) is 3.10. The summed E-state index contributed by atoms with van der Waals surface area (Å²) in [5, 5.41) is 0. The lowest BCUT2D eigenvalue weighted by molar-refractivity contribution is 0.194. The minimum atomic E-state index is 0.223. The lowest BCUT2D eigenvalue weighted by Gasteiger charge is -2.27. The number of nitrogens with zero attached hydrogens (tertiary/aromatic N) is 2. The summed E-state index contributed by atoms with van der Waals surface area (Å²) in [4.78, 5) is 4.89. The van der Waals surface area contributed by atoms with E-state index in [2.05, 4.69) is 30.6 Å². The Hall–Kier alpha value is -0.120. The lowest BCUT2D eigenvalue weighted by atomic mass is 10.2. The van der Waals surface area contributed by atoms with Crippen molar-refractivity contribution in [1.82, 2.24) is 9.80 Å². The van der Waals surface area contributed by atoms with Crippen LogP contribution in [0.15, 0.2) is 0 Å². The summed E-state index contributed by atoms with van der Waals surface area (Å²) in [7, 11) is 0. The van der Waals surface area contributed by atoms with E-state index in [1.54, 1.807) is 0 Å². The molecule has 0 aromatic carbocycles. The highest BCUT2D eigenvalue weighted by Gasteiger charge is 2.27. The fourth-order valence-corrected chi connectivity index (χ4v) is 2.18. The fourth-order valence-electron chi connectivity index (χ4n) is 2.18. The molecule has 0 spiro atoms. The number of rotatable bonds is 4. The molecular formula is C10H23N3. The van der Waals surface area contributed by atoms with Gasteiger partial charge >= 0.3 is 0 Å². The van der Waals surface area contributed by atoms with Gasteiger partial charge in [-0.1, -0.05) is 13.8 Å². The standard InChI is InChI=1S/C10H23N3/c1-4-12(5-2)10-6-7-13(8-10)9(3)11/h9-10H,4-8,11H2,1-3H3. The van der Waals surface area contributed by atoms with Crippen molar-refractivity contribution in [2.75, 3.05) is 26.2 Å². The maximum Gasteiger partial charge on any atom is 0.0543 e. The summed E-state index contributed by atoms with van der Waals surface area (Å²) in [6.45, 7) is 11.2. The predicted molar refractivity (Wildman–Crippen MR) is 56.5 cm³/mol. The van der Waals surface area contributed by atoms with Crippen molar-refractivity contribution in [2.24, 2.45) is 5.73 Å². The van der Waals surface area contributed by atoms with Crippen LogP contribution in [0.25, 0.3) is 0 Å². The molecule has 1 saturated heterocycles. The Bertz CT molecular complexity index is 143. The second-order valence-electron chi connectivity index (χ2n) is 3.90. The molecule has 3 heteroatoms. The van der Waals surface area contributed by atoms with Crippen LogP contribution in [0.1, 0.15) is 27.2 Å². The minimum Gasteiger partial charge on any atom is -0.316 e. The first-order chi connectivity index (χ1) is 6.19. The molecule has 0 saturated carbocycles. The van der Waals surface area contributed by atoms with Gasteiger partial charge in [0.05, 0.1) is 6.17 Å². The van der Waals surface area contributed by atoms with E-state index in [1.807, 2.05) is 0 Å². The molecule has 0 aromatic rings. The van der Waals surface area contributed by atoms with Gasteiger partial charge in [-0.3, -0.25) is 9.80 Å². The van der Waals surface area contributed by atoms with Crippen LogP contribution in [-0.2, 0) is 0 Å². The molecule has 1 rings (SSSR count). The van der Waals surface area contributed by atoms with Gasteiger partial charge in [-0.05, 0) is 26.4 Å². The van der Waals surface area contributed by atoms with Crippen molar-refractivity contribution in [2.45, 2.75) is 39.4 Å². The molecule has 2 atom stereocenters. The summed E-state index contributed by atoms with van der Waals surface area (Å²) in [6, 6.07) is 0.737. The number of hydrogen-bond donors (Lipinski definition) is 1. The lowest BCUT2D eigenvalue weighted by Crippen LogP contribution is -2.42. The van der Waals surface area contributed by atoms with Gasteiger partial charge < -0.3 is 5.73 Å². The second-order valence-corrected chi connectivity index (χ2v) is 3.90. The summed E-state index contributed by atoms with van der Waals surface area (Å²) < 4.78 is 0. The monoisotopic (exact) mass is 185 g/mol. The van der Waals surface area contributed by atoms with Crippen molar-refractivity contribution in [3.05, 3.63) is 0 Å². The molecule has 0 radical (unpaired) electrons. The first-order valence-electron chi connectivity index (χ1n) is 5.42. The van der Waals surface area contributed by atoms with Crippen molar-refractivity contribution in [3.63, 3.8) is 0 Å². The third kappa shape index (κ3) is 2.66. The topological polar surface area (TPSA) is 32.5 Å². The Labute approximate surface area is 81.9 Å². The zero-order chi connectivity index (χ0) is 9.84. The Morgan fingerprint density at radius 3 is 2.46 bits per heavy atom. The van der Waals surface area contributed by atoms with Gasteiger partial charge in [0.2, 0.25) is 0 Å². The van der Waals surface area contributed by atoms with Crippen LogP contribution < -0.4 is 5.73 Å². The average molecular weight is 185 g/mol. The summed E-state index contributed by atoms with van der Waals surface area (Å²) in [6.07, 6.45) is 1.50. The zero-order valence-electron chi connectivity index (χ0n) is 9.16. The highest BCUT2D eigenvalue weighted by atomic mass is 15.3.